The van der Waals surface area contributed by atoms with Crippen LogP contribution in [0.25, 0.3) is 0 Å². The normalized spacial score (nSPS) is 45.1. The van der Waals surface area contributed by atoms with Crippen LogP contribution in [0.5, 0.6) is 0 Å². The van der Waals surface area contributed by atoms with Crippen LogP contribution in [-0.4, -0.2) is 15.3 Å². The molecular formula is C26H37N3O. The predicted octanol–water partition coefficient (Wildman–Crippen LogP) is 5.62. The van der Waals surface area contributed by atoms with Gasteiger partial charge >= 0.3 is 0 Å². The Bertz CT molecular complexity index is 868. The van der Waals surface area contributed by atoms with Gasteiger partial charge < -0.3 is 4.57 Å². The molecule has 4 fully saturated rings. The molecule has 8 atom stereocenters. The van der Waals surface area contributed by atoms with Gasteiger partial charge in [-0.2, -0.15) is 5.26 Å². The molecule has 0 aromatic carbocycles. The second-order valence-electron chi connectivity index (χ2n) is 11.7. The minimum atomic E-state index is 0.169. The molecule has 0 spiro atoms. The maximum Gasteiger partial charge on any atom is 0.158 e. The van der Waals surface area contributed by atoms with Gasteiger partial charge in [0.25, 0.3) is 0 Å². The van der Waals surface area contributed by atoms with Crippen molar-refractivity contribution in [3.05, 3.63) is 18.2 Å². The van der Waals surface area contributed by atoms with Crippen LogP contribution in [0.15, 0.2) is 12.5 Å². The fraction of sp³-hybridized carbons (Fsp3) is 0.808. The van der Waals surface area contributed by atoms with Gasteiger partial charge in [0.15, 0.2) is 11.5 Å². The number of hydrogen-bond donors (Lipinski definition) is 0. The third-order valence-corrected chi connectivity index (χ3v) is 10.4. The number of ketones is 1. The molecule has 4 aliphatic carbocycles. The average molecular weight is 408 g/mol. The summed E-state index contributed by atoms with van der Waals surface area (Å²) in [6.07, 6.45) is 15.3. The summed E-state index contributed by atoms with van der Waals surface area (Å²) in [6, 6.07) is 2.06. The van der Waals surface area contributed by atoms with Crippen LogP contribution < -0.4 is 0 Å². The molecular weight excluding hydrogens is 370 g/mol. The van der Waals surface area contributed by atoms with Gasteiger partial charge in [-0.25, -0.2) is 4.98 Å². The van der Waals surface area contributed by atoms with Gasteiger partial charge in [0, 0.05) is 12.1 Å². The summed E-state index contributed by atoms with van der Waals surface area (Å²) in [4.78, 5) is 17.4. The topological polar surface area (TPSA) is 58.7 Å². The number of carbonyl (C=O) groups is 1. The predicted molar refractivity (Wildman–Crippen MR) is 116 cm³/mol. The third kappa shape index (κ3) is 2.99. The number of fused-ring (bicyclic) bond motifs is 5. The summed E-state index contributed by atoms with van der Waals surface area (Å²) in [5.74, 6) is 4.80. The zero-order valence-corrected chi connectivity index (χ0v) is 18.9. The van der Waals surface area contributed by atoms with E-state index in [-0.39, 0.29) is 11.3 Å². The van der Waals surface area contributed by atoms with E-state index in [0.29, 0.717) is 23.4 Å². The lowest BCUT2D eigenvalue weighted by Crippen LogP contribution is -2.53. The Hall–Kier alpha value is -1.63. The van der Waals surface area contributed by atoms with E-state index in [0.717, 1.165) is 36.0 Å². The summed E-state index contributed by atoms with van der Waals surface area (Å²) in [7, 11) is 0. The molecule has 0 N–H and O–H groups in total. The van der Waals surface area contributed by atoms with Gasteiger partial charge in [0.05, 0.1) is 12.9 Å². The number of rotatable bonds is 3. The summed E-state index contributed by atoms with van der Waals surface area (Å²) >= 11 is 0. The minimum Gasteiger partial charge on any atom is -0.329 e. The average Bonchev–Trinajstić information content (AvgIpc) is 3.32. The number of hydrogen-bond acceptors (Lipinski definition) is 3. The molecule has 162 valence electrons. The molecule has 4 heteroatoms. The molecule has 1 aromatic rings. The molecule has 30 heavy (non-hydrogen) atoms. The highest BCUT2D eigenvalue weighted by Gasteiger charge is 2.60. The monoisotopic (exact) mass is 407 g/mol. The first-order valence-corrected chi connectivity index (χ1v) is 12.3. The van der Waals surface area contributed by atoms with Crippen LogP contribution in [0.3, 0.4) is 0 Å². The van der Waals surface area contributed by atoms with Gasteiger partial charge in [-0.15, -0.1) is 0 Å². The Morgan fingerprint density at radius 2 is 1.90 bits per heavy atom. The zero-order valence-electron chi connectivity index (χ0n) is 18.9. The molecule has 0 radical (unpaired) electrons. The van der Waals surface area contributed by atoms with Crippen molar-refractivity contribution in [2.75, 3.05) is 0 Å². The number of Topliss-reactive ketones (excluding diaryl/α,β-unsaturated/α-hetero) is 1. The summed E-state index contributed by atoms with van der Waals surface area (Å²) in [5.41, 5.74) is 1.11. The zero-order chi connectivity index (χ0) is 21.1. The lowest BCUT2D eigenvalue weighted by atomic mass is 9.44. The van der Waals surface area contributed by atoms with E-state index < -0.39 is 0 Å². The number of imidazole rings is 1. The van der Waals surface area contributed by atoms with Crippen molar-refractivity contribution in [3.63, 3.8) is 0 Å². The van der Waals surface area contributed by atoms with E-state index >= 15 is 0 Å². The highest BCUT2D eigenvalue weighted by atomic mass is 16.1. The SMILES string of the molecule is CC1CCC2(C)C(CCC3C2CCC2(C)C(C(=O)Cn4cnc(C#N)c4)CCC32)C1. The standard InChI is InChI=1S/C26H37N3O/c1-17-8-10-25(2)18(12-17)4-5-20-21-6-7-23(26(21,3)11-9-22(20)25)24(30)15-29-14-19(13-27)28-16-29/h14,16-18,20-23H,4-12,15H2,1-3H3. The number of nitriles is 1. The van der Waals surface area contributed by atoms with Crippen molar-refractivity contribution in [1.29, 1.82) is 5.26 Å². The largest absolute Gasteiger partial charge is 0.329 e. The molecule has 0 bridgehead atoms. The first kappa shape index (κ1) is 20.3. The molecule has 4 saturated carbocycles. The quantitative estimate of drug-likeness (QED) is 0.653. The van der Waals surface area contributed by atoms with Crippen molar-refractivity contribution >= 4 is 5.78 Å². The molecule has 4 aliphatic rings. The van der Waals surface area contributed by atoms with E-state index in [1.807, 2.05) is 0 Å². The Morgan fingerprint density at radius 1 is 1.13 bits per heavy atom. The summed E-state index contributed by atoms with van der Waals surface area (Å²) < 4.78 is 1.80. The fourth-order valence-corrected chi connectivity index (χ4v) is 8.80. The van der Waals surface area contributed by atoms with Gasteiger partial charge in [-0.1, -0.05) is 27.2 Å². The van der Waals surface area contributed by atoms with E-state index in [4.69, 9.17) is 5.26 Å². The molecule has 1 aromatic heterocycles. The van der Waals surface area contributed by atoms with E-state index in [1.54, 1.807) is 17.1 Å². The molecule has 8 unspecified atom stereocenters. The maximum absolute atomic E-state index is 13.3. The fourth-order valence-electron chi connectivity index (χ4n) is 8.80. The molecule has 0 amide bonds. The van der Waals surface area contributed by atoms with Crippen LogP contribution in [0.4, 0.5) is 0 Å². The molecule has 1 heterocycles. The summed E-state index contributed by atoms with van der Waals surface area (Å²) in [6.45, 7) is 7.89. The number of nitrogens with zero attached hydrogens (tertiary/aromatic N) is 3. The Balaban J connectivity index is 1.34. The van der Waals surface area contributed by atoms with Crippen molar-refractivity contribution in [2.24, 2.45) is 46.3 Å². The highest BCUT2D eigenvalue weighted by molar-refractivity contribution is 5.82. The van der Waals surface area contributed by atoms with E-state index in [1.165, 1.54) is 51.4 Å². The maximum atomic E-state index is 13.3. The van der Waals surface area contributed by atoms with Crippen LogP contribution in [-0.2, 0) is 11.3 Å². The van der Waals surface area contributed by atoms with Crippen molar-refractivity contribution in [1.82, 2.24) is 9.55 Å². The van der Waals surface area contributed by atoms with E-state index in [9.17, 15) is 4.79 Å². The lowest BCUT2D eigenvalue weighted by Gasteiger charge is -2.61. The number of aromatic nitrogens is 2. The Morgan fingerprint density at radius 3 is 2.67 bits per heavy atom. The van der Waals surface area contributed by atoms with Crippen LogP contribution in [0.2, 0.25) is 0 Å². The van der Waals surface area contributed by atoms with E-state index in [2.05, 4.69) is 31.8 Å². The van der Waals surface area contributed by atoms with Crippen molar-refractivity contribution < 1.29 is 4.79 Å². The van der Waals surface area contributed by atoms with Gasteiger partial charge in [-0.3, -0.25) is 4.79 Å². The van der Waals surface area contributed by atoms with Gasteiger partial charge in [0.1, 0.15) is 6.07 Å². The first-order chi connectivity index (χ1) is 14.3. The second kappa shape index (κ2) is 7.21. The van der Waals surface area contributed by atoms with Crippen LogP contribution in [0.1, 0.15) is 84.3 Å². The summed E-state index contributed by atoms with van der Waals surface area (Å²) in [5, 5.41) is 9.01. The van der Waals surface area contributed by atoms with Crippen LogP contribution >= 0.6 is 0 Å². The van der Waals surface area contributed by atoms with Crippen molar-refractivity contribution in [3.8, 4) is 6.07 Å². The minimum absolute atomic E-state index is 0.169. The molecule has 5 rings (SSSR count). The number of carbonyl (C=O) groups excluding carboxylic acids is 1. The van der Waals surface area contributed by atoms with Crippen molar-refractivity contribution in [2.45, 2.75) is 85.1 Å². The van der Waals surface area contributed by atoms with Crippen LogP contribution in [0, 0.1) is 57.7 Å². The Kier molecular flexibility index (Phi) is 4.88. The second-order valence-corrected chi connectivity index (χ2v) is 11.7. The smallest absolute Gasteiger partial charge is 0.158 e. The third-order valence-electron chi connectivity index (χ3n) is 10.4. The highest BCUT2D eigenvalue weighted by Crippen LogP contribution is 2.67. The van der Waals surface area contributed by atoms with Gasteiger partial charge in [-0.05, 0) is 91.8 Å². The Labute approximate surface area is 181 Å². The lowest BCUT2D eigenvalue weighted by molar-refractivity contribution is -0.137. The molecule has 0 aliphatic heterocycles. The van der Waals surface area contributed by atoms with Gasteiger partial charge in [0.2, 0.25) is 0 Å². The molecule has 0 saturated heterocycles. The molecule has 4 nitrogen and oxygen atoms in total. The first-order valence-electron chi connectivity index (χ1n) is 12.3.